The predicted octanol–water partition coefficient (Wildman–Crippen LogP) is 15.0. The van der Waals surface area contributed by atoms with E-state index in [2.05, 4.69) is 193 Å². The van der Waals surface area contributed by atoms with Crippen LogP contribution in [0, 0.1) is 0 Å². The Morgan fingerprint density at radius 3 is 1.94 bits per heavy atom. The summed E-state index contributed by atoms with van der Waals surface area (Å²) in [6, 6.07) is 62.9. The number of benzene rings is 8. The van der Waals surface area contributed by atoms with Gasteiger partial charge in [-0.25, -0.2) is 0 Å². The van der Waals surface area contributed by atoms with Gasteiger partial charge in [-0.1, -0.05) is 146 Å². The molecule has 1 aliphatic rings. The van der Waals surface area contributed by atoms with Gasteiger partial charge in [-0.05, 0) is 105 Å². The Labute approximate surface area is 318 Å². The number of aromatic nitrogens is 1. The predicted molar refractivity (Wildman–Crippen MR) is 234 cm³/mol. The maximum atomic E-state index is 2.51. The first kappa shape index (κ1) is 31.1. The van der Waals surface area contributed by atoms with Gasteiger partial charge in [-0.15, -0.1) is 11.3 Å². The summed E-state index contributed by atoms with van der Waals surface area (Å²) >= 11 is 1.92. The fourth-order valence-corrected chi connectivity index (χ4v) is 9.81. The molecule has 11 rings (SSSR count). The van der Waals surface area contributed by atoms with Crippen LogP contribution in [0.25, 0.3) is 97.4 Å². The molecule has 2 heterocycles. The average molecular weight is 706 g/mol. The van der Waals surface area contributed by atoms with Gasteiger partial charge >= 0.3 is 0 Å². The van der Waals surface area contributed by atoms with Crippen LogP contribution in [0.15, 0.2) is 188 Å². The molecule has 254 valence electrons. The third-order valence-corrected chi connectivity index (χ3v) is 12.5. The van der Waals surface area contributed by atoms with E-state index in [-0.39, 0.29) is 0 Å². The minimum absolute atomic E-state index is 1.06. The molecule has 0 atom stereocenters. The first-order chi connectivity index (χ1) is 26.8. The molecule has 1 nitrogen and oxygen atoms in total. The Hall–Kier alpha value is -6.48. The summed E-state index contributed by atoms with van der Waals surface area (Å²) in [7, 11) is 0. The van der Waals surface area contributed by atoms with Crippen molar-refractivity contribution in [3.63, 3.8) is 0 Å². The summed E-state index contributed by atoms with van der Waals surface area (Å²) in [5.74, 6) is 0. The Morgan fingerprint density at radius 2 is 1.15 bits per heavy atom. The average Bonchev–Trinajstić information content (AvgIpc) is 3.79. The molecule has 0 N–H and O–H groups in total. The van der Waals surface area contributed by atoms with Crippen LogP contribution in [0.5, 0.6) is 0 Å². The Kier molecular flexibility index (Phi) is 7.24. The molecule has 54 heavy (non-hydrogen) atoms. The van der Waals surface area contributed by atoms with Crippen LogP contribution < -0.4 is 0 Å². The van der Waals surface area contributed by atoms with Crippen LogP contribution in [0.1, 0.15) is 18.4 Å². The molecule has 2 aromatic heterocycles. The SMILES string of the molecule is C1=CCCC(c2ccc3c4c5c(sc6ccc(-c7ccc(-c8ccccc8)cc7)cc65)c(-c5ccc6ccccc6c5)cc4n(-c4ccccc4)c3c2)=C1. The standard InChI is InChI=1S/C52H35NS/c1-4-12-34(13-5-1)37-20-22-38(23-21-37)40-27-29-49-46(31-40)51-50-44-28-26-41(35-14-6-2-7-15-35)32-47(44)53(43-18-8-3-9-19-43)48(50)33-45(52(51)54-49)42-25-24-36-16-10-11-17-39(36)30-42/h1-6,8-14,16-33H,7,15H2. The molecule has 0 saturated heterocycles. The summed E-state index contributed by atoms with van der Waals surface area (Å²) in [5, 5.41) is 7.77. The number of para-hydroxylation sites is 1. The van der Waals surface area contributed by atoms with Crippen molar-refractivity contribution in [1.82, 2.24) is 4.57 Å². The second-order valence-electron chi connectivity index (χ2n) is 14.4. The fourth-order valence-electron chi connectivity index (χ4n) is 8.58. The number of hydrogen-bond acceptors (Lipinski definition) is 1. The summed E-state index contributed by atoms with van der Waals surface area (Å²) in [5.41, 5.74) is 13.8. The number of nitrogens with zero attached hydrogens (tertiary/aromatic N) is 1. The number of rotatable bonds is 5. The lowest BCUT2D eigenvalue weighted by Gasteiger charge is -2.12. The first-order valence-electron chi connectivity index (χ1n) is 18.8. The third kappa shape index (κ3) is 5.06. The van der Waals surface area contributed by atoms with Gasteiger partial charge in [0.05, 0.1) is 11.0 Å². The molecule has 0 radical (unpaired) electrons. The molecule has 0 fully saturated rings. The van der Waals surface area contributed by atoms with E-state index in [9.17, 15) is 0 Å². The van der Waals surface area contributed by atoms with Crippen LogP contribution in [0.2, 0.25) is 0 Å². The van der Waals surface area contributed by atoms with Crippen molar-refractivity contribution < 1.29 is 0 Å². The molecule has 0 spiro atoms. The summed E-state index contributed by atoms with van der Waals surface area (Å²) in [6.07, 6.45) is 8.91. The summed E-state index contributed by atoms with van der Waals surface area (Å²) < 4.78 is 5.15. The van der Waals surface area contributed by atoms with Gasteiger partial charge < -0.3 is 4.57 Å². The number of allylic oxidation sites excluding steroid dienone is 4. The smallest absolute Gasteiger partial charge is 0.0554 e. The fraction of sp³-hybridized carbons (Fsp3) is 0.0385. The van der Waals surface area contributed by atoms with E-state index in [1.807, 2.05) is 11.3 Å². The van der Waals surface area contributed by atoms with Crippen molar-refractivity contribution in [1.29, 1.82) is 0 Å². The maximum Gasteiger partial charge on any atom is 0.0554 e. The van der Waals surface area contributed by atoms with E-state index in [4.69, 9.17) is 0 Å². The van der Waals surface area contributed by atoms with Crippen molar-refractivity contribution in [3.05, 3.63) is 194 Å². The van der Waals surface area contributed by atoms with Crippen molar-refractivity contribution in [2.24, 2.45) is 0 Å². The van der Waals surface area contributed by atoms with E-state index in [1.54, 1.807) is 0 Å². The highest BCUT2D eigenvalue weighted by Crippen LogP contribution is 2.49. The van der Waals surface area contributed by atoms with Crippen molar-refractivity contribution in [2.75, 3.05) is 0 Å². The topological polar surface area (TPSA) is 4.93 Å². The minimum atomic E-state index is 1.06. The zero-order valence-corrected chi connectivity index (χ0v) is 30.5. The highest BCUT2D eigenvalue weighted by molar-refractivity contribution is 7.26. The molecule has 0 saturated carbocycles. The van der Waals surface area contributed by atoms with Crippen LogP contribution in [0.3, 0.4) is 0 Å². The van der Waals surface area contributed by atoms with Gasteiger partial charge in [-0.3, -0.25) is 0 Å². The van der Waals surface area contributed by atoms with Crippen LogP contribution in [-0.2, 0) is 0 Å². The zero-order chi connectivity index (χ0) is 35.6. The first-order valence-corrected chi connectivity index (χ1v) is 19.6. The van der Waals surface area contributed by atoms with Gasteiger partial charge in [0.2, 0.25) is 0 Å². The molecular weight excluding hydrogens is 671 g/mol. The highest BCUT2D eigenvalue weighted by Gasteiger charge is 2.22. The van der Waals surface area contributed by atoms with Crippen molar-refractivity contribution in [3.8, 4) is 39.1 Å². The Balaban J connectivity index is 1.23. The van der Waals surface area contributed by atoms with E-state index in [0.717, 1.165) is 12.8 Å². The van der Waals surface area contributed by atoms with Gasteiger partial charge in [0, 0.05) is 42.2 Å². The Bertz CT molecular complexity index is 3120. The normalized spacial score (nSPS) is 13.1. The maximum absolute atomic E-state index is 2.51. The lowest BCUT2D eigenvalue weighted by atomic mass is 9.94. The van der Waals surface area contributed by atoms with Crippen LogP contribution in [0.4, 0.5) is 0 Å². The van der Waals surface area contributed by atoms with Crippen molar-refractivity contribution in [2.45, 2.75) is 12.8 Å². The van der Waals surface area contributed by atoms with E-state index >= 15 is 0 Å². The molecule has 0 unspecified atom stereocenters. The minimum Gasteiger partial charge on any atom is -0.309 e. The van der Waals surface area contributed by atoms with E-state index < -0.39 is 0 Å². The molecule has 0 bridgehead atoms. The van der Waals surface area contributed by atoms with Gasteiger partial charge in [-0.2, -0.15) is 0 Å². The van der Waals surface area contributed by atoms with Crippen LogP contribution in [-0.4, -0.2) is 4.57 Å². The van der Waals surface area contributed by atoms with Gasteiger partial charge in [0.1, 0.15) is 0 Å². The highest BCUT2D eigenvalue weighted by atomic mass is 32.1. The summed E-state index contributed by atoms with van der Waals surface area (Å²) in [6.45, 7) is 0. The lowest BCUT2D eigenvalue weighted by Crippen LogP contribution is -1.95. The number of thiophene rings is 1. The second kappa shape index (κ2) is 12.6. The second-order valence-corrected chi connectivity index (χ2v) is 15.5. The van der Waals surface area contributed by atoms with E-state index in [0.29, 0.717) is 0 Å². The molecule has 0 amide bonds. The van der Waals surface area contributed by atoms with Crippen LogP contribution >= 0.6 is 11.3 Å². The summed E-state index contributed by atoms with van der Waals surface area (Å²) in [4.78, 5) is 0. The van der Waals surface area contributed by atoms with Crippen molar-refractivity contribution >= 4 is 69.7 Å². The zero-order valence-electron chi connectivity index (χ0n) is 29.7. The molecular formula is C52H35NS. The van der Waals surface area contributed by atoms with Gasteiger partial charge in [0.15, 0.2) is 0 Å². The van der Waals surface area contributed by atoms with E-state index in [1.165, 1.54) is 103 Å². The molecule has 10 aromatic rings. The largest absolute Gasteiger partial charge is 0.309 e. The molecule has 2 heteroatoms. The molecule has 8 aromatic carbocycles. The lowest BCUT2D eigenvalue weighted by molar-refractivity contribution is 1.05. The Morgan fingerprint density at radius 1 is 0.463 bits per heavy atom. The number of fused-ring (bicyclic) bond motifs is 8. The number of hydrogen-bond donors (Lipinski definition) is 0. The molecule has 0 aliphatic heterocycles. The van der Waals surface area contributed by atoms with Gasteiger partial charge in [0.25, 0.3) is 0 Å². The third-order valence-electron chi connectivity index (χ3n) is 11.3. The molecule has 1 aliphatic carbocycles. The quantitative estimate of drug-likeness (QED) is 0.168. The monoisotopic (exact) mass is 705 g/mol.